The van der Waals surface area contributed by atoms with Gasteiger partial charge in [-0.25, -0.2) is 0 Å². The number of carbonyl (C=O) groups is 1. The second kappa shape index (κ2) is 6.25. The zero-order valence-electron chi connectivity index (χ0n) is 10.1. The molecule has 1 aromatic carbocycles. The van der Waals surface area contributed by atoms with Gasteiger partial charge in [0.2, 0.25) is 0 Å². The van der Waals surface area contributed by atoms with Crippen LogP contribution in [0.5, 0.6) is 5.75 Å². The van der Waals surface area contributed by atoms with Gasteiger partial charge >= 0.3 is 5.97 Å². The van der Waals surface area contributed by atoms with Crippen LogP contribution in [-0.2, 0) is 4.79 Å². The van der Waals surface area contributed by atoms with E-state index in [1.165, 1.54) is 0 Å². The molecule has 2 atom stereocenters. The molecule has 0 aromatic heterocycles. The highest BCUT2D eigenvalue weighted by Gasteiger charge is 2.27. The predicted molar refractivity (Wildman–Crippen MR) is 64.0 cm³/mol. The molecule has 0 aliphatic carbocycles. The molecule has 4 nitrogen and oxygen atoms in total. The van der Waals surface area contributed by atoms with E-state index in [1.54, 1.807) is 31.2 Å². The highest BCUT2D eigenvalue weighted by molar-refractivity contribution is 5.71. The van der Waals surface area contributed by atoms with E-state index < -0.39 is 18.0 Å². The Morgan fingerprint density at radius 3 is 2.53 bits per heavy atom. The van der Waals surface area contributed by atoms with Crippen LogP contribution in [0.25, 0.3) is 0 Å². The molecular weight excluding hydrogens is 220 g/mol. The first-order valence-electron chi connectivity index (χ1n) is 5.74. The number of hydrogen-bond donors (Lipinski definition) is 2. The minimum atomic E-state index is -1.04. The van der Waals surface area contributed by atoms with Crippen LogP contribution in [0.4, 0.5) is 0 Å². The third-order valence-corrected chi connectivity index (χ3v) is 2.68. The lowest BCUT2D eigenvalue weighted by atomic mass is 9.93. The Balaban J connectivity index is 3.01. The second-order valence-electron chi connectivity index (χ2n) is 3.77. The van der Waals surface area contributed by atoms with Crippen LogP contribution in [0.15, 0.2) is 24.3 Å². The highest BCUT2D eigenvalue weighted by atomic mass is 16.5. The number of ether oxygens (including phenoxy) is 1. The molecule has 0 saturated heterocycles. The largest absolute Gasteiger partial charge is 0.493 e. The molecule has 0 heterocycles. The highest BCUT2D eigenvalue weighted by Crippen LogP contribution is 2.31. The molecule has 0 saturated carbocycles. The Morgan fingerprint density at radius 1 is 1.35 bits per heavy atom. The fourth-order valence-electron chi connectivity index (χ4n) is 1.76. The molecule has 0 spiro atoms. The van der Waals surface area contributed by atoms with Crippen molar-refractivity contribution in [3.8, 4) is 5.75 Å². The maximum atomic E-state index is 11.0. The van der Waals surface area contributed by atoms with Gasteiger partial charge in [-0.2, -0.15) is 0 Å². The number of aliphatic hydroxyl groups excluding tert-OH is 1. The zero-order chi connectivity index (χ0) is 12.8. The Morgan fingerprint density at radius 2 is 2.00 bits per heavy atom. The van der Waals surface area contributed by atoms with Crippen LogP contribution in [0.1, 0.15) is 31.9 Å². The summed E-state index contributed by atoms with van der Waals surface area (Å²) < 4.78 is 5.38. The summed E-state index contributed by atoms with van der Waals surface area (Å²) in [5.74, 6) is -1.26. The fourth-order valence-corrected chi connectivity index (χ4v) is 1.76. The summed E-state index contributed by atoms with van der Waals surface area (Å²) in [4.78, 5) is 11.0. The molecule has 17 heavy (non-hydrogen) atoms. The van der Waals surface area contributed by atoms with E-state index in [2.05, 4.69) is 0 Å². The van der Waals surface area contributed by atoms with Gasteiger partial charge in [0.25, 0.3) is 0 Å². The summed E-state index contributed by atoms with van der Waals surface area (Å²) >= 11 is 0. The summed E-state index contributed by atoms with van der Waals surface area (Å²) in [7, 11) is 0. The summed E-state index contributed by atoms with van der Waals surface area (Å²) in [5.41, 5.74) is 0.531. The minimum absolute atomic E-state index is 0.372. The summed E-state index contributed by atoms with van der Waals surface area (Å²) in [6.45, 7) is 4.07. The lowest BCUT2D eigenvalue weighted by Gasteiger charge is -2.20. The number of carboxylic acid groups (broad SMARTS) is 1. The molecule has 2 N–H and O–H groups in total. The van der Waals surface area contributed by atoms with Gasteiger partial charge in [0.15, 0.2) is 0 Å². The lowest BCUT2D eigenvalue weighted by Crippen LogP contribution is -2.21. The van der Waals surface area contributed by atoms with Gasteiger partial charge in [-0.1, -0.05) is 25.1 Å². The monoisotopic (exact) mass is 238 g/mol. The minimum Gasteiger partial charge on any atom is -0.493 e. The zero-order valence-corrected chi connectivity index (χ0v) is 10.1. The van der Waals surface area contributed by atoms with Gasteiger partial charge < -0.3 is 14.9 Å². The van der Waals surface area contributed by atoms with Crippen molar-refractivity contribution in [1.82, 2.24) is 0 Å². The van der Waals surface area contributed by atoms with Gasteiger partial charge in [0, 0.05) is 5.56 Å². The Bertz CT molecular complexity index is 375. The Kier molecular flexibility index (Phi) is 4.97. The van der Waals surface area contributed by atoms with Crippen LogP contribution >= 0.6 is 0 Å². The molecule has 0 aliphatic rings. The van der Waals surface area contributed by atoms with Crippen molar-refractivity contribution in [1.29, 1.82) is 0 Å². The van der Waals surface area contributed by atoms with Crippen molar-refractivity contribution >= 4 is 5.97 Å². The van der Waals surface area contributed by atoms with Crippen LogP contribution < -0.4 is 4.74 Å². The fraction of sp³-hybridized carbons (Fsp3) is 0.462. The standard InChI is InChI=1S/C13H18O4/c1-3-9(13(15)16)12(14)10-7-5-6-8-11(10)17-4-2/h5-9,12,14H,3-4H2,1-2H3,(H,15,16). The van der Waals surface area contributed by atoms with Crippen LogP contribution in [0.3, 0.4) is 0 Å². The molecule has 0 radical (unpaired) electrons. The molecule has 1 aromatic rings. The van der Waals surface area contributed by atoms with Crippen molar-refractivity contribution < 1.29 is 19.7 Å². The number of rotatable bonds is 6. The van der Waals surface area contributed by atoms with E-state index in [0.29, 0.717) is 24.3 Å². The third-order valence-electron chi connectivity index (χ3n) is 2.68. The number of benzene rings is 1. The maximum absolute atomic E-state index is 11.0. The van der Waals surface area contributed by atoms with Crippen molar-refractivity contribution in [2.45, 2.75) is 26.4 Å². The van der Waals surface area contributed by atoms with Crippen molar-refractivity contribution in [2.24, 2.45) is 5.92 Å². The first kappa shape index (κ1) is 13.5. The molecule has 4 heteroatoms. The SMILES string of the molecule is CCOc1ccccc1C(O)C(CC)C(=O)O. The number of aliphatic carboxylic acids is 1. The molecule has 0 fully saturated rings. The van der Waals surface area contributed by atoms with E-state index in [1.807, 2.05) is 6.92 Å². The van der Waals surface area contributed by atoms with E-state index in [4.69, 9.17) is 9.84 Å². The first-order chi connectivity index (χ1) is 8.11. The van der Waals surface area contributed by atoms with Gasteiger partial charge in [0.1, 0.15) is 5.75 Å². The average Bonchev–Trinajstić information content (AvgIpc) is 2.30. The summed E-state index contributed by atoms with van der Waals surface area (Å²) in [5, 5.41) is 19.1. The molecular formula is C13H18O4. The average molecular weight is 238 g/mol. The number of carboxylic acids is 1. The topological polar surface area (TPSA) is 66.8 Å². The van der Waals surface area contributed by atoms with E-state index in [-0.39, 0.29) is 0 Å². The lowest BCUT2D eigenvalue weighted by molar-refractivity contribution is -0.146. The Labute approximate surface area is 101 Å². The first-order valence-corrected chi connectivity index (χ1v) is 5.74. The van der Waals surface area contributed by atoms with Crippen LogP contribution in [0, 0.1) is 5.92 Å². The molecule has 0 bridgehead atoms. The van der Waals surface area contributed by atoms with Crippen molar-refractivity contribution in [2.75, 3.05) is 6.61 Å². The van der Waals surface area contributed by atoms with Gasteiger partial charge in [0.05, 0.1) is 18.6 Å². The van der Waals surface area contributed by atoms with Crippen molar-refractivity contribution in [3.63, 3.8) is 0 Å². The Hall–Kier alpha value is -1.55. The van der Waals surface area contributed by atoms with E-state index in [0.717, 1.165) is 0 Å². The summed E-state index contributed by atoms with van der Waals surface area (Å²) in [6, 6.07) is 6.98. The quantitative estimate of drug-likeness (QED) is 0.797. The summed E-state index contributed by atoms with van der Waals surface area (Å²) in [6.07, 6.45) is -0.669. The number of hydrogen-bond acceptors (Lipinski definition) is 3. The number of aliphatic hydroxyl groups is 1. The molecule has 0 aliphatic heterocycles. The maximum Gasteiger partial charge on any atom is 0.309 e. The molecule has 94 valence electrons. The van der Waals surface area contributed by atoms with Crippen LogP contribution in [-0.4, -0.2) is 22.8 Å². The van der Waals surface area contributed by atoms with E-state index >= 15 is 0 Å². The second-order valence-corrected chi connectivity index (χ2v) is 3.77. The molecule has 0 amide bonds. The molecule has 2 unspecified atom stereocenters. The van der Waals surface area contributed by atoms with Crippen LogP contribution in [0.2, 0.25) is 0 Å². The van der Waals surface area contributed by atoms with Gasteiger partial charge in [-0.15, -0.1) is 0 Å². The smallest absolute Gasteiger partial charge is 0.309 e. The van der Waals surface area contributed by atoms with Gasteiger partial charge in [-0.3, -0.25) is 4.79 Å². The van der Waals surface area contributed by atoms with E-state index in [9.17, 15) is 9.90 Å². The van der Waals surface area contributed by atoms with Crippen molar-refractivity contribution in [3.05, 3.63) is 29.8 Å². The molecule has 1 rings (SSSR count). The number of para-hydroxylation sites is 1. The normalized spacial score (nSPS) is 14.1. The third kappa shape index (κ3) is 3.20. The van der Waals surface area contributed by atoms with Gasteiger partial charge in [-0.05, 0) is 19.4 Å². The predicted octanol–water partition coefficient (Wildman–Crippen LogP) is 2.23.